The van der Waals surface area contributed by atoms with Crippen LogP contribution in [-0.4, -0.2) is 32.4 Å². The number of benzene rings is 2. The van der Waals surface area contributed by atoms with Crippen LogP contribution in [0.5, 0.6) is 0 Å². The van der Waals surface area contributed by atoms with Crippen molar-refractivity contribution in [3.05, 3.63) is 71.1 Å². The molecule has 2 N–H and O–H groups in total. The Morgan fingerprint density at radius 1 is 1.07 bits per heavy atom. The van der Waals surface area contributed by atoms with Crippen molar-refractivity contribution in [2.75, 3.05) is 4.72 Å². The Bertz CT molecular complexity index is 997. The average molecular weight is 414 g/mol. The lowest BCUT2D eigenvalue weighted by Crippen LogP contribution is -2.37. The lowest BCUT2D eigenvalue weighted by molar-refractivity contribution is -0.129. The maximum absolute atomic E-state index is 12.2. The number of carbonyl (C=O) groups is 2. The summed E-state index contributed by atoms with van der Waals surface area (Å²) in [6, 6.07) is 15.0. The Morgan fingerprint density at radius 2 is 1.72 bits per heavy atom. The molecule has 0 saturated heterocycles. The van der Waals surface area contributed by atoms with Gasteiger partial charge in [-0.1, -0.05) is 30.3 Å². The van der Waals surface area contributed by atoms with Gasteiger partial charge in [0.15, 0.2) is 6.10 Å². The Balaban J connectivity index is 1.56. The van der Waals surface area contributed by atoms with Gasteiger partial charge in [-0.2, -0.15) is 0 Å². The molecule has 2 aromatic rings. The van der Waals surface area contributed by atoms with Crippen molar-refractivity contribution in [1.82, 2.24) is 5.32 Å². The van der Waals surface area contributed by atoms with Crippen LogP contribution in [-0.2, 0) is 19.6 Å². The van der Waals surface area contributed by atoms with Crippen LogP contribution in [0.15, 0.2) is 60.0 Å². The molecule has 2 aromatic carbocycles. The number of anilines is 1. The number of hydrogen-bond acceptors (Lipinski definition) is 5. The van der Waals surface area contributed by atoms with Gasteiger partial charge in [0.2, 0.25) is 0 Å². The van der Waals surface area contributed by atoms with E-state index in [9.17, 15) is 18.0 Å². The van der Waals surface area contributed by atoms with Gasteiger partial charge in [-0.3, -0.25) is 9.52 Å². The third-order valence-corrected chi connectivity index (χ3v) is 5.21. The molecular weight excluding hydrogens is 392 g/mol. The summed E-state index contributed by atoms with van der Waals surface area (Å²) in [7, 11) is -3.70. The van der Waals surface area contributed by atoms with Crippen LogP contribution in [0.2, 0.25) is 0 Å². The Hall–Kier alpha value is -3.13. The summed E-state index contributed by atoms with van der Waals surface area (Å²) in [5, 5.41) is 3.84. The molecule has 1 aliphatic carbocycles. The number of ether oxygens (including phenoxy) is 1. The normalized spacial score (nSPS) is 14.9. The second-order valence-corrected chi connectivity index (χ2v) is 8.33. The number of hydrogen-bond donors (Lipinski definition) is 2. The molecular formula is C21H22N2O5S. The first kappa shape index (κ1) is 20.6. The molecule has 0 aliphatic heterocycles. The second kappa shape index (κ2) is 8.91. The summed E-state index contributed by atoms with van der Waals surface area (Å²) in [6.07, 6.45) is 2.49. The van der Waals surface area contributed by atoms with E-state index in [0.29, 0.717) is 5.69 Å². The van der Waals surface area contributed by atoms with Crippen LogP contribution in [0.3, 0.4) is 0 Å². The minimum atomic E-state index is -3.70. The van der Waals surface area contributed by atoms with E-state index in [4.69, 9.17) is 4.74 Å². The number of esters is 1. The van der Waals surface area contributed by atoms with Crippen molar-refractivity contribution in [1.29, 1.82) is 0 Å². The molecule has 0 unspecified atom stereocenters. The molecule has 0 radical (unpaired) electrons. The fraction of sp³-hybridized carbons (Fsp3) is 0.238. The third-order valence-electron chi connectivity index (χ3n) is 4.20. The van der Waals surface area contributed by atoms with Gasteiger partial charge in [-0.05, 0) is 55.7 Å². The highest BCUT2D eigenvalue weighted by Gasteiger charge is 2.27. The van der Waals surface area contributed by atoms with Crippen LogP contribution in [0.25, 0.3) is 6.08 Å². The molecule has 8 heteroatoms. The Labute approximate surface area is 169 Å². The van der Waals surface area contributed by atoms with Gasteiger partial charge in [0.05, 0.1) is 11.0 Å². The number of amides is 1. The van der Waals surface area contributed by atoms with E-state index in [1.807, 2.05) is 18.2 Å². The van der Waals surface area contributed by atoms with Gasteiger partial charge in [-0.15, -0.1) is 0 Å². The van der Waals surface area contributed by atoms with Gasteiger partial charge in [0, 0.05) is 11.7 Å². The van der Waals surface area contributed by atoms with Crippen LogP contribution < -0.4 is 10.0 Å². The minimum Gasteiger partial charge on any atom is -0.449 e. The summed E-state index contributed by atoms with van der Waals surface area (Å²) in [5.41, 5.74) is 1.29. The monoisotopic (exact) mass is 414 g/mol. The highest BCUT2D eigenvalue weighted by Crippen LogP contribution is 2.19. The molecule has 152 valence electrons. The maximum Gasteiger partial charge on any atom is 0.338 e. The molecule has 0 aromatic heterocycles. The minimum absolute atomic E-state index is 0.187. The van der Waals surface area contributed by atoms with Crippen molar-refractivity contribution in [3.63, 3.8) is 0 Å². The van der Waals surface area contributed by atoms with Crippen LogP contribution in [0.1, 0.15) is 35.7 Å². The number of rotatable bonds is 8. The lowest BCUT2D eigenvalue weighted by atomic mass is 10.2. The summed E-state index contributed by atoms with van der Waals surface area (Å²) in [4.78, 5) is 24.0. The van der Waals surface area contributed by atoms with Crippen molar-refractivity contribution in [3.8, 4) is 0 Å². The molecule has 1 amide bonds. The van der Waals surface area contributed by atoms with E-state index in [0.717, 1.165) is 23.8 Å². The molecule has 7 nitrogen and oxygen atoms in total. The highest BCUT2D eigenvalue weighted by atomic mass is 32.2. The van der Waals surface area contributed by atoms with Crippen LogP contribution in [0.4, 0.5) is 5.69 Å². The largest absolute Gasteiger partial charge is 0.449 e. The van der Waals surface area contributed by atoms with Crippen molar-refractivity contribution >= 4 is 33.7 Å². The Morgan fingerprint density at radius 3 is 2.34 bits per heavy atom. The predicted molar refractivity (Wildman–Crippen MR) is 111 cm³/mol. The lowest BCUT2D eigenvalue weighted by Gasteiger charge is -2.13. The molecule has 1 fully saturated rings. The molecule has 3 rings (SSSR count). The van der Waals surface area contributed by atoms with Crippen molar-refractivity contribution < 1.29 is 22.7 Å². The third kappa shape index (κ3) is 6.46. The zero-order valence-corrected chi connectivity index (χ0v) is 16.7. The highest BCUT2D eigenvalue weighted by molar-refractivity contribution is 7.95. The average Bonchev–Trinajstić information content (AvgIpc) is 3.51. The summed E-state index contributed by atoms with van der Waals surface area (Å²) in [6.45, 7) is 1.51. The molecule has 29 heavy (non-hydrogen) atoms. The van der Waals surface area contributed by atoms with Crippen LogP contribution >= 0.6 is 0 Å². The van der Waals surface area contributed by atoms with Crippen molar-refractivity contribution in [2.24, 2.45) is 0 Å². The fourth-order valence-electron chi connectivity index (χ4n) is 2.43. The number of nitrogens with one attached hydrogen (secondary N) is 2. The first-order valence-electron chi connectivity index (χ1n) is 9.20. The molecule has 0 spiro atoms. The summed E-state index contributed by atoms with van der Waals surface area (Å²) >= 11 is 0. The molecule has 0 bridgehead atoms. The smallest absolute Gasteiger partial charge is 0.338 e. The first-order chi connectivity index (χ1) is 13.8. The van der Waals surface area contributed by atoms with E-state index in [1.165, 1.54) is 37.3 Å². The standard InChI is InChI=1S/C21H22N2O5S/c1-15(20(24)22-18-11-12-18)28-21(25)17-7-9-19(10-8-17)23-29(26,27)14-13-16-5-3-2-4-6-16/h2-10,13-15,18,23H,11-12H2,1H3,(H,22,24)/b14-13+/t15-/m0/s1. The van der Waals surface area contributed by atoms with Gasteiger partial charge in [0.1, 0.15) is 0 Å². The molecule has 1 saturated carbocycles. The fourth-order valence-corrected chi connectivity index (χ4v) is 3.30. The second-order valence-electron chi connectivity index (χ2n) is 6.77. The molecule has 1 atom stereocenters. The summed E-state index contributed by atoms with van der Waals surface area (Å²) in [5.74, 6) is -0.975. The van der Waals surface area contributed by atoms with E-state index in [2.05, 4.69) is 10.0 Å². The van der Waals surface area contributed by atoms with Crippen molar-refractivity contribution in [2.45, 2.75) is 31.9 Å². The zero-order valence-electron chi connectivity index (χ0n) is 15.9. The molecule has 0 heterocycles. The number of carbonyl (C=O) groups excluding carboxylic acids is 2. The quantitative estimate of drug-likeness (QED) is 0.647. The maximum atomic E-state index is 12.2. The zero-order chi connectivity index (χ0) is 20.9. The SMILES string of the molecule is C[C@H](OC(=O)c1ccc(NS(=O)(=O)/C=C/c2ccccc2)cc1)C(=O)NC1CC1. The molecule has 1 aliphatic rings. The topological polar surface area (TPSA) is 102 Å². The predicted octanol–water partition coefficient (Wildman–Crippen LogP) is 2.92. The summed E-state index contributed by atoms with van der Waals surface area (Å²) < 4.78 is 31.9. The van der Waals surface area contributed by atoms with Gasteiger partial charge in [-0.25, -0.2) is 13.2 Å². The first-order valence-corrected chi connectivity index (χ1v) is 10.7. The van der Waals surface area contributed by atoms with Gasteiger partial charge < -0.3 is 10.1 Å². The van der Waals surface area contributed by atoms with E-state index in [1.54, 1.807) is 12.1 Å². The van der Waals surface area contributed by atoms with E-state index < -0.39 is 22.1 Å². The Kier molecular flexibility index (Phi) is 6.33. The van der Waals surface area contributed by atoms with E-state index >= 15 is 0 Å². The van der Waals surface area contributed by atoms with Gasteiger partial charge in [0.25, 0.3) is 15.9 Å². The number of sulfonamides is 1. The van der Waals surface area contributed by atoms with Crippen LogP contribution in [0, 0.1) is 0 Å². The van der Waals surface area contributed by atoms with E-state index in [-0.39, 0.29) is 17.5 Å². The van der Waals surface area contributed by atoms with Gasteiger partial charge >= 0.3 is 5.97 Å².